The molecule has 1 fully saturated rings. The summed E-state index contributed by atoms with van der Waals surface area (Å²) >= 11 is 0. The van der Waals surface area contributed by atoms with Crippen molar-refractivity contribution in [3.05, 3.63) is 72.6 Å². The lowest BCUT2D eigenvalue weighted by Crippen LogP contribution is -2.48. The summed E-state index contributed by atoms with van der Waals surface area (Å²) in [6.45, 7) is -0.0741. The van der Waals surface area contributed by atoms with Gasteiger partial charge in [-0.05, 0) is 49.2 Å². The molecule has 1 N–H and O–H groups in total. The highest BCUT2D eigenvalue weighted by Gasteiger charge is 2.36. The van der Waals surface area contributed by atoms with Gasteiger partial charge in [0.1, 0.15) is 17.8 Å². The van der Waals surface area contributed by atoms with Gasteiger partial charge in [0.25, 0.3) is 0 Å². The number of amides is 2. The first-order chi connectivity index (χ1) is 18.0. The number of nitrogens with zero attached hydrogens (tertiary/aromatic N) is 5. The molecular formula is C28H32N6O3. The van der Waals surface area contributed by atoms with Crippen LogP contribution in [0.25, 0.3) is 11.0 Å². The molecular weight excluding hydrogens is 468 g/mol. The number of fused-ring (bicyclic) bond motifs is 1. The molecule has 2 amide bonds. The molecule has 5 rings (SSSR count). The molecule has 0 radical (unpaired) electrons. The normalized spacial score (nSPS) is 14.9. The fourth-order valence-electron chi connectivity index (χ4n) is 5.11. The summed E-state index contributed by atoms with van der Waals surface area (Å²) in [6.07, 6.45) is 7.16. The lowest BCUT2D eigenvalue weighted by molar-refractivity contribution is -0.127. The van der Waals surface area contributed by atoms with Gasteiger partial charge in [0.2, 0.25) is 11.8 Å². The van der Waals surface area contributed by atoms with Crippen molar-refractivity contribution in [1.82, 2.24) is 24.9 Å². The van der Waals surface area contributed by atoms with Crippen LogP contribution in [0.3, 0.4) is 0 Å². The van der Waals surface area contributed by atoms with Crippen molar-refractivity contribution in [2.75, 3.05) is 12.0 Å². The van der Waals surface area contributed by atoms with E-state index in [-0.39, 0.29) is 24.4 Å². The summed E-state index contributed by atoms with van der Waals surface area (Å²) < 4.78 is 8.91. The van der Waals surface area contributed by atoms with Crippen LogP contribution in [0.1, 0.15) is 43.8 Å². The van der Waals surface area contributed by atoms with E-state index in [4.69, 9.17) is 4.74 Å². The highest BCUT2D eigenvalue weighted by molar-refractivity contribution is 6.01. The average molecular weight is 501 g/mol. The van der Waals surface area contributed by atoms with Gasteiger partial charge in [-0.2, -0.15) is 0 Å². The van der Waals surface area contributed by atoms with E-state index >= 15 is 0 Å². The predicted molar refractivity (Wildman–Crippen MR) is 141 cm³/mol. The highest BCUT2D eigenvalue weighted by Crippen LogP contribution is 2.32. The van der Waals surface area contributed by atoms with Gasteiger partial charge in [0, 0.05) is 31.0 Å². The minimum absolute atomic E-state index is 0.0741. The summed E-state index contributed by atoms with van der Waals surface area (Å²) in [5.41, 5.74) is 2.74. The first-order valence-corrected chi connectivity index (χ1v) is 12.7. The van der Waals surface area contributed by atoms with Crippen molar-refractivity contribution in [2.45, 2.75) is 50.7 Å². The molecule has 1 aliphatic rings. The van der Waals surface area contributed by atoms with Crippen molar-refractivity contribution in [3.8, 4) is 5.75 Å². The number of rotatable bonds is 8. The van der Waals surface area contributed by atoms with Crippen molar-refractivity contribution in [3.63, 3.8) is 0 Å². The SMILES string of the molecule is COc1cccc(N(C(=O)Cn2nnc3ccccc32)[C@H](C(=O)NC2CCCCC2)c2cccn2C)c1. The summed E-state index contributed by atoms with van der Waals surface area (Å²) in [6, 6.07) is 17.7. The van der Waals surface area contributed by atoms with Gasteiger partial charge in [0.15, 0.2) is 6.04 Å². The van der Waals surface area contributed by atoms with E-state index in [0.717, 1.165) is 31.2 Å². The van der Waals surface area contributed by atoms with Crippen molar-refractivity contribution >= 4 is 28.5 Å². The van der Waals surface area contributed by atoms with Crippen LogP contribution in [0.2, 0.25) is 0 Å². The van der Waals surface area contributed by atoms with Gasteiger partial charge in [-0.1, -0.05) is 42.7 Å². The van der Waals surface area contributed by atoms with Gasteiger partial charge in [0.05, 0.1) is 18.3 Å². The van der Waals surface area contributed by atoms with E-state index in [1.807, 2.05) is 72.4 Å². The maximum Gasteiger partial charge on any atom is 0.249 e. The summed E-state index contributed by atoms with van der Waals surface area (Å²) in [5, 5.41) is 11.6. The van der Waals surface area contributed by atoms with Crippen LogP contribution in [-0.4, -0.2) is 44.5 Å². The maximum absolute atomic E-state index is 14.1. The Bertz CT molecular complexity index is 1390. The van der Waals surface area contributed by atoms with Crippen LogP contribution >= 0.6 is 0 Å². The summed E-state index contributed by atoms with van der Waals surface area (Å²) in [7, 11) is 3.46. The second-order valence-corrected chi connectivity index (χ2v) is 9.49. The number of hydrogen-bond donors (Lipinski definition) is 1. The summed E-state index contributed by atoms with van der Waals surface area (Å²) in [4.78, 5) is 29.6. The second kappa shape index (κ2) is 10.9. The van der Waals surface area contributed by atoms with E-state index in [1.54, 1.807) is 22.8 Å². The number of nitrogens with one attached hydrogen (secondary N) is 1. The molecule has 1 saturated carbocycles. The fraction of sp³-hybridized carbons (Fsp3) is 0.357. The molecule has 0 saturated heterocycles. The fourth-order valence-corrected chi connectivity index (χ4v) is 5.11. The standard InChI is InChI=1S/C28H32N6O3/c1-32-17-9-16-25(32)27(28(36)29-20-10-4-3-5-11-20)34(21-12-8-13-22(18-21)37-2)26(35)19-33-24-15-7-6-14-23(24)30-31-33/h6-9,12-18,20,27H,3-5,10-11,19H2,1-2H3,(H,29,36)/t27-/m0/s1. The van der Waals surface area contributed by atoms with Crippen LogP contribution in [-0.2, 0) is 23.2 Å². The van der Waals surface area contributed by atoms with Crippen molar-refractivity contribution < 1.29 is 14.3 Å². The van der Waals surface area contributed by atoms with Gasteiger partial charge in [-0.3, -0.25) is 14.5 Å². The zero-order valence-corrected chi connectivity index (χ0v) is 21.2. The second-order valence-electron chi connectivity index (χ2n) is 9.49. The van der Waals surface area contributed by atoms with Crippen LogP contribution < -0.4 is 15.0 Å². The first-order valence-electron chi connectivity index (χ1n) is 12.7. The van der Waals surface area contributed by atoms with Crippen LogP contribution in [0.4, 0.5) is 5.69 Å². The number of aryl methyl sites for hydroxylation is 1. The van der Waals surface area contributed by atoms with Gasteiger partial charge in [-0.25, -0.2) is 4.68 Å². The van der Waals surface area contributed by atoms with Crippen LogP contribution in [0, 0.1) is 0 Å². The third kappa shape index (κ3) is 5.21. The molecule has 0 spiro atoms. The molecule has 1 aliphatic carbocycles. The zero-order valence-electron chi connectivity index (χ0n) is 21.2. The molecule has 2 aromatic carbocycles. The minimum Gasteiger partial charge on any atom is -0.497 e. The van der Waals surface area contributed by atoms with Gasteiger partial charge >= 0.3 is 0 Å². The Kier molecular flexibility index (Phi) is 7.20. The monoisotopic (exact) mass is 500 g/mol. The molecule has 192 valence electrons. The van der Waals surface area contributed by atoms with Crippen LogP contribution in [0.15, 0.2) is 66.9 Å². The number of benzene rings is 2. The molecule has 9 heteroatoms. The van der Waals surface area contributed by atoms with E-state index < -0.39 is 6.04 Å². The summed E-state index contributed by atoms with van der Waals surface area (Å²) in [5.74, 6) is 0.113. The highest BCUT2D eigenvalue weighted by atomic mass is 16.5. The Morgan fingerprint density at radius 3 is 2.65 bits per heavy atom. The minimum atomic E-state index is -0.878. The Morgan fingerprint density at radius 1 is 1.08 bits per heavy atom. The average Bonchev–Trinajstić information content (AvgIpc) is 3.53. The maximum atomic E-state index is 14.1. The predicted octanol–water partition coefficient (Wildman–Crippen LogP) is 4.00. The number of ether oxygens (including phenoxy) is 1. The molecule has 37 heavy (non-hydrogen) atoms. The van der Waals surface area contributed by atoms with E-state index in [9.17, 15) is 9.59 Å². The van der Waals surface area contributed by atoms with Crippen LogP contribution in [0.5, 0.6) is 5.75 Å². The molecule has 0 unspecified atom stereocenters. The van der Waals surface area contributed by atoms with E-state index in [1.165, 1.54) is 6.42 Å². The molecule has 4 aromatic rings. The molecule has 2 aromatic heterocycles. The third-order valence-electron chi connectivity index (χ3n) is 7.03. The molecule has 1 atom stereocenters. The molecule has 0 bridgehead atoms. The Balaban J connectivity index is 1.56. The van der Waals surface area contributed by atoms with Gasteiger partial charge in [-0.15, -0.1) is 5.10 Å². The number of para-hydroxylation sites is 1. The number of aromatic nitrogens is 4. The topological polar surface area (TPSA) is 94.3 Å². The van der Waals surface area contributed by atoms with E-state index in [0.29, 0.717) is 22.6 Å². The van der Waals surface area contributed by atoms with Gasteiger partial charge < -0.3 is 14.6 Å². The van der Waals surface area contributed by atoms with Crippen molar-refractivity contribution in [2.24, 2.45) is 7.05 Å². The number of anilines is 1. The number of methoxy groups -OCH3 is 1. The Morgan fingerprint density at radius 2 is 1.89 bits per heavy atom. The quantitative estimate of drug-likeness (QED) is 0.395. The Labute approximate surface area is 216 Å². The first kappa shape index (κ1) is 24.5. The lowest BCUT2D eigenvalue weighted by Gasteiger charge is -2.33. The Hall–Kier alpha value is -4.14. The number of carbonyl (C=O) groups excluding carboxylic acids is 2. The number of hydrogen-bond acceptors (Lipinski definition) is 5. The smallest absolute Gasteiger partial charge is 0.249 e. The van der Waals surface area contributed by atoms with Crippen molar-refractivity contribution in [1.29, 1.82) is 0 Å². The number of carbonyl (C=O) groups is 2. The zero-order chi connectivity index (χ0) is 25.8. The third-order valence-corrected chi connectivity index (χ3v) is 7.03. The molecule has 2 heterocycles. The lowest BCUT2D eigenvalue weighted by atomic mass is 9.95. The molecule has 0 aliphatic heterocycles. The largest absolute Gasteiger partial charge is 0.497 e. The molecule has 9 nitrogen and oxygen atoms in total. The van der Waals surface area contributed by atoms with E-state index in [2.05, 4.69) is 15.6 Å².